The molecule has 0 unspecified atom stereocenters. The maximum Gasteiger partial charge on any atom is 0.268 e. The first kappa shape index (κ1) is 21.3. The first-order valence-electron chi connectivity index (χ1n) is 9.85. The van der Waals surface area contributed by atoms with E-state index in [1.165, 1.54) is 30.0 Å². The van der Waals surface area contributed by atoms with E-state index in [9.17, 15) is 14.0 Å². The lowest BCUT2D eigenvalue weighted by Gasteiger charge is -2.16. The molecule has 0 saturated heterocycles. The van der Waals surface area contributed by atoms with Crippen molar-refractivity contribution in [3.8, 4) is 5.75 Å². The van der Waals surface area contributed by atoms with E-state index in [0.717, 1.165) is 18.4 Å². The molecular weight excluding hydrogens is 383 g/mol. The van der Waals surface area contributed by atoms with Crippen molar-refractivity contribution in [1.82, 2.24) is 9.88 Å². The summed E-state index contributed by atoms with van der Waals surface area (Å²) >= 11 is 0. The van der Waals surface area contributed by atoms with Gasteiger partial charge in [-0.05, 0) is 43.0 Å². The number of carbonyl (C=O) groups excluding carboxylic acids is 1. The van der Waals surface area contributed by atoms with Gasteiger partial charge < -0.3 is 14.6 Å². The first-order chi connectivity index (χ1) is 14.4. The van der Waals surface area contributed by atoms with Gasteiger partial charge in [0.1, 0.15) is 18.1 Å². The van der Waals surface area contributed by atoms with Gasteiger partial charge in [-0.1, -0.05) is 42.5 Å². The Kier molecular flexibility index (Phi) is 7.01. The van der Waals surface area contributed by atoms with Crippen LogP contribution in [0.3, 0.4) is 0 Å². The highest BCUT2D eigenvalue weighted by Crippen LogP contribution is 2.11. The van der Waals surface area contributed by atoms with Gasteiger partial charge in [0.05, 0.1) is 6.20 Å². The lowest BCUT2D eigenvalue weighted by Crippen LogP contribution is -2.35. The predicted octanol–water partition coefficient (Wildman–Crippen LogP) is 3.85. The van der Waals surface area contributed by atoms with Gasteiger partial charge in [-0.25, -0.2) is 4.39 Å². The Labute approximate surface area is 175 Å². The minimum Gasteiger partial charge on any atom is -0.483 e. The van der Waals surface area contributed by atoms with Gasteiger partial charge in [0.25, 0.3) is 5.91 Å². The molecular formula is C24H25FN2O3. The number of ether oxygens (including phenoxy) is 1. The number of aromatic nitrogens is 1. The maximum atomic E-state index is 13.0. The van der Waals surface area contributed by atoms with E-state index >= 15 is 0 Å². The highest BCUT2D eigenvalue weighted by Gasteiger charge is 2.15. The fourth-order valence-corrected chi connectivity index (χ4v) is 3.08. The van der Waals surface area contributed by atoms with E-state index < -0.39 is 0 Å². The number of nitrogens with zero attached hydrogens (tertiary/aromatic N) is 1. The summed E-state index contributed by atoms with van der Waals surface area (Å²) < 4.78 is 20.1. The Hall–Kier alpha value is -3.41. The number of rotatable bonds is 8. The lowest BCUT2D eigenvalue weighted by atomic mass is 10.1. The van der Waals surface area contributed by atoms with Gasteiger partial charge in [0.2, 0.25) is 5.43 Å². The van der Waals surface area contributed by atoms with E-state index in [4.69, 9.17) is 4.74 Å². The Morgan fingerprint density at radius 1 is 1.10 bits per heavy atom. The molecule has 6 heteroatoms. The summed E-state index contributed by atoms with van der Waals surface area (Å²) in [7, 11) is 1.69. The van der Waals surface area contributed by atoms with Gasteiger partial charge in [-0.15, -0.1) is 0 Å². The van der Waals surface area contributed by atoms with Crippen LogP contribution >= 0.6 is 0 Å². The largest absolute Gasteiger partial charge is 0.483 e. The molecule has 1 N–H and O–H groups in total. The zero-order chi connectivity index (χ0) is 21.5. The molecule has 0 saturated carbocycles. The second kappa shape index (κ2) is 9.87. The third-order valence-corrected chi connectivity index (χ3v) is 4.83. The van der Waals surface area contributed by atoms with Crippen molar-refractivity contribution in [1.29, 1.82) is 0 Å². The van der Waals surface area contributed by atoms with Gasteiger partial charge >= 0.3 is 0 Å². The van der Waals surface area contributed by atoms with Crippen LogP contribution in [0.2, 0.25) is 0 Å². The molecule has 0 bridgehead atoms. The third-order valence-electron chi connectivity index (χ3n) is 4.83. The Balaban J connectivity index is 1.60. The van der Waals surface area contributed by atoms with E-state index in [-0.39, 0.29) is 41.2 Å². The van der Waals surface area contributed by atoms with Crippen LogP contribution in [0.5, 0.6) is 5.75 Å². The van der Waals surface area contributed by atoms with E-state index in [1.54, 1.807) is 23.7 Å². The summed E-state index contributed by atoms with van der Waals surface area (Å²) in [6.45, 7) is 2.08. The van der Waals surface area contributed by atoms with Crippen molar-refractivity contribution in [2.75, 3.05) is 0 Å². The minimum absolute atomic E-state index is 0.0396. The van der Waals surface area contributed by atoms with Crippen molar-refractivity contribution in [2.24, 2.45) is 7.05 Å². The summed E-state index contributed by atoms with van der Waals surface area (Å²) in [5, 5.41) is 2.94. The highest BCUT2D eigenvalue weighted by atomic mass is 19.1. The molecule has 30 heavy (non-hydrogen) atoms. The average molecular weight is 408 g/mol. The average Bonchev–Trinajstić information content (AvgIpc) is 2.74. The zero-order valence-corrected chi connectivity index (χ0v) is 17.1. The highest BCUT2D eigenvalue weighted by molar-refractivity contribution is 5.92. The van der Waals surface area contributed by atoms with E-state index in [0.29, 0.717) is 0 Å². The number of halogens is 1. The van der Waals surface area contributed by atoms with Crippen LogP contribution in [0.15, 0.2) is 71.7 Å². The van der Waals surface area contributed by atoms with Crippen molar-refractivity contribution in [3.63, 3.8) is 0 Å². The Bertz CT molecular complexity index is 1050. The molecule has 0 aliphatic rings. The monoisotopic (exact) mass is 408 g/mol. The van der Waals surface area contributed by atoms with Crippen LogP contribution < -0.4 is 15.5 Å². The zero-order valence-electron chi connectivity index (χ0n) is 17.1. The number of nitrogens with one attached hydrogen (secondary N) is 1. The van der Waals surface area contributed by atoms with Gasteiger partial charge in [-0.3, -0.25) is 9.59 Å². The smallest absolute Gasteiger partial charge is 0.268 e. The normalized spacial score (nSPS) is 11.7. The number of hydrogen-bond acceptors (Lipinski definition) is 3. The molecule has 5 nitrogen and oxygen atoms in total. The molecule has 0 fully saturated rings. The standard InChI is InChI=1S/C24H25FN2O3/c1-17(8-9-18-6-4-3-5-7-18)26-24(29)21-14-22(28)23(15-27(21)2)30-16-19-10-12-20(25)13-11-19/h3-7,10-15,17H,8-9,16H2,1-2H3,(H,26,29)/t17-/m0/s1. The van der Waals surface area contributed by atoms with Crippen LogP contribution in [-0.2, 0) is 20.1 Å². The lowest BCUT2D eigenvalue weighted by molar-refractivity contribution is 0.0929. The number of aryl methyl sites for hydroxylation is 2. The fraction of sp³-hybridized carbons (Fsp3) is 0.250. The van der Waals surface area contributed by atoms with Crippen LogP contribution in [0, 0.1) is 5.82 Å². The molecule has 3 aromatic rings. The van der Waals surface area contributed by atoms with Crippen LogP contribution in [-0.4, -0.2) is 16.5 Å². The molecule has 3 rings (SSSR count). The quantitative estimate of drug-likeness (QED) is 0.616. The van der Waals surface area contributed by atoms with Gasteiger partial charge in [-0.2, -0.15) is 0 Å². The number of pyridine rings is 1. The molecule has 1 heterocycles. The number of benzene rings is 2. The third kappa shape index (κ3) is 5.80. The number of carbonyl (C=O) groups is 1. The summed E-state index contributed by atoms with van der Waals surface area (Å²) in [6.07, 6.45) is 3.15. The van der Waals surface area contributed by atoms with E-state index in [2.05, 4.69) is 17.4 Å². The second-order valence-electron chi connectivity index (χ2n) is 7.31. The molecule has 0 aliphatic heterocycles. The predicted molar refractivity (Wildman–Crippen MR) is 114 cm³/mol. The summed E-state index contributed by atoms with van der Waals surface area (Å²) in [5.41, 5.74) is 1.85. The van der Waals surface area contributed by atoms with Crippen molar-refractivity contribution < 1.29 is 13.9 Å². The molecule has 0 spiro atoms. The molecule has 156 valence electrons. The molecule has 1 atom stereocenters. The Morgan fingerprint density at radius 3 is 2.50 bits per heavy atom. The van der Waals surface area contributed by atoms with Crippen LogP contribution in [0.1, 0.15) is 35.0 Å². The summed E-state index contributed by atoms with van der Waals surface area (Å²) in [4.78, 5) is 25.0. The second-order valence-corrected chi connectivity index (χ2v) is 7.31. The van der Waals surface area contributed by atoms with E-state index in [1.807, 2.05) is 25.1 Å². The van der Waals surface area contributed by atoms with Crippen molar-refractivity contribution in [2.45, 2.75) is 32.4 Å². The van der Waals surface area contributed by atoms with Crippen molar-refractivity contribution in [3.05, 3.63) is 99.7 Å². The van der Waals surface area contributed by atoms with Crippen LogP contribution in [0.25, 0.3) is 0 Å². The fourth-order valence-electron chi connectivity index (χ4n) is 3.08. The molecule has 0 aliphatic carbocycles. The number of amides is 1. The topological polar surface area (TPSA) is 60.3 Å². The van der Waals surface area contributed by atoms with Crippen LogP contribution in [0.4, 0.5) is 4.39 Å². The minimum atomic E-state index is -0.377. The first-order valence-corrected chi connectivity index (χ1v) is 9.85. The Morgan fingerprint density at radius 2 is 1.80 bits per heavy atom. The molecule has 1 amide bonds. The van der Waals surface area contributed by atoms with Crippen molar-refractivity contribution >= 4 is 5.91 Å². The SMILES string of the molecule is C[C@@H](CCc1ccccc1)NC(=O)c1cc(=O)c(OCc2ccc(F)cc2)cn1C. The maximum absolute atomic E-state index is 13.0. The molecule has 2 aromatic carbocycles. The molecule has 1 aromatic heterocycles. The number of hydrogen-bond donors (Lipinski definition) is 1. The van der Waals surface area contributed by atoms with Gasteiger partial charge in [0, 0.05) is 19.2 Å². The summed E-state index contributed by atoms with van der Waals surface area (Å²) in [5.74, 6) is -0.501. The summed E-state index contributed by atoms with van der Waals surface area (Å²) in [6, 6.07) is 17.2. The molecule has 0 radical (unpaired) electrons. The van der Waals surface area contributed by atoms with Gasteiger partial charge in [0.15, 0.2) is 5.75 Å².